The van der Waals surface area contributed by atoms with E-state index >= 15 is 0 Å². The lowest BCUT2D eigenvalue weighted by Crippen LogP contribution is -1.94. The highest BCUT2D eigenvalue weighted by Gasteiger charge is 2.04. The fourth-order valence-electron chi connectivity index (χ4n) is 2.09. The van der Waals surface area contributed by atoms with Gasteiger partial charge in [0.05, 0.1) is 17.1 Å². The molecule has 3 nitrogen and oxygen atoms in total. The van der Waals surface area contributed by atoms with Crippen LogP contribution in [0, 0.1) is 17.1 Å². The first-order valence-electron chi connectivity index (χ1n) is 6.08. The lowest BCUT2D eigenvalue weighted by Gasteiger charge is -2.09. The number of halogens is 1. The predicted molar refractivity (Wildman–Crippen MR) is 76.1 cm³/mol. The number of hydrogen-bond donors (Lipinski definition) is 1. The third-order valence-electron chi connectivity index (χ3n) is 2.95. The van der Waals surface area contributed by atoms with Crippen LogP contribution in [-0.2, 0) is 0 Å². The number of hydrogen-bond acceptors (Lipinski definition) is 3. The fraction of sp³-hybridized carbons (Fsp3) is 0. The van der Waals surface area contributed by atoms with Crippen LogP contribution < -0.4 is 5.32 Å². The first-order chi connectivity index (χ1) is 9.76. The van der Waals surface area contributed by atoms with Crippen molar-refractivity contribution in [3.05, 3.63) is 66.1 Å². The van der Waals surface area contributed by atoms with Gasteiger partial charge < -0.3 is 5.32 Å². The largest absolute Gasteiger partial charge is 0.355 e. The van der Waals surface area contributed by atoms with E-state index in [1.54, 1.807) is 12.3 Å². The minimum Gasteiger partial charge on any atom is -0.355 e. The zero-order chi connectivity index (χ0) is 13.9. The summed E-state index contributed by atoms with van der Waals surface area (Å²) in [5, 5.41) is 12.9. The van der Waals surface area contributed by atoms with E-state index in [4.69, 9.17) is 5.26 Å². The number of pyridine rings is 1. The Hall–Kier alpha value is -2.93. The Morgan fingerprint density at radius 1 is 1.10 bits per heavy atom. The monoisotopic (exact) mass is 263 g/mol. The minimum absolute atomic E-state index is 0.283. The standard InChI is InChI=1S/C16H10FN3/c17-12-7-11(10-18)8-13(9-12)20-16-5-1-4-15-14(16)3-2-6-19-15/h1-9,20H. The molecular formula is C16H10FN3. The predicted octanol–water partition coefficient (Wildman–Crippen LogP) is 3.99. The van der Waals surface area contributed by atoms with Gasteiger partial charge in [-0.05, 0) is 42.5 Å². The van der Waals surface area contributed by atoms with Crippen molar-refractivity contribution in [3.63, 3.8) is 0 Å². The molecule has 0 bridgehead atoms. The molecule has 96 valence electrons. The van der Waals surface area contributed by atoms with Crippen LogP contribution in [0.4, 0.5) is 15.8 Å². The number of nitrogens with one attached hydrogen (secondary N) is 1. The third-order valence-corrected chi connectivity index (χ3v) is 2.95. The van der Waals surface area contributed by atoms with Gasteiger partial charge in [-0.25, -0.2) is 4.39 Å². The molecule has 1 heterocycles. The lowest BCUT2D eigenvalue weighted by molar-refractivity contribution is 0.628. The van der Waals surface area contributed by atoms with Gasteiger partial charge in [-0.1, -0.05) is 6.07 Å². The summed E-state index contributed by atoms with van der Waals surface area (Å²) in [5.41, 5.74) is 2.50. The van der Waals surface area contributed by atoms with Crippen molar-refractivity contribution in [1.29, 1.82) is 5.26 Å². The van der Waals surface area contributed by atoms with Gasteiger partial charge in [-0.2, -0.15) is 5.26 Å². The van der Waals surface area contributed by atoms with E-state index < -0.39 is 5.82 Å². The van der Waals surface area contributed by atoms with Gasteiger partial charge in [0.1, 0.15) is 5.82 Å². The van der Waals surface area contributed by atoms with Crippen molar-refractivity contribution in [2.45, 2.75) is 0 Å². The molecule has 3 aromatic rings. The van der Waals surface area contributed by atoms with E-state index in [-0.39, 0.29) is 5.56 Å². The second-order valence-corrected chi connectivity index (χ2v) is 4.34. The van der Waals surface area contributed by atoms with Crippen molar-refractivity contribution >= 4 is 22.3 Å². The van der Waals surface area contributed by atoms with Gasteiger partial charge in [-0.15, -0.1) is 0 Å². The van der Waals surface area contributed by atoms with Crippen LogP contribution in [0.2, 0.25) is 0 Å². The van der Waals surface area contributed by atoms with Crippen LogP contribution in [0.1, 0.15) is 5.56 Å². The summed E-state index contributed by atoms with van der Waals surface area (Å²) < 4.78 is 13.4. The Morgan fingerprint density at radius 3 is 2.85 bits per heavy atom. The number of anilines is 2. The summed E-state index contributed by atoms with van der Waals surface area (Å²) in [4.78, 5) is 4.27. The molecule has 0 spiro atoms. The van der Waals surface area contributed by atoms with Crippen molar-refractivity contribution in [2.75, 3.05) is 5.32 Å². The maximum Gasteiger partial charge on any atom is 0.126 e. The van der Waals surface area contributed by atoms with Gasteiger partial charge in [-0.3, -0.25) is 4.98 Å². The van der Waals surface area contributed by atoms with E-state index in [0.717, 1.165) is 16.6 Å². The zero-order valence-corrected chi connectivity index (χ0v) is 10.5. The Labute approximate surface area is 115 Å². The fourth-order valence-corrected chi connectivity index (χ4v) is 2.09. The van der Waals surface area contributed by atoms with Crippen molar-refractivity contribution < 1.29 is 4.39 Å². The molecule has 0 unspecified atom stereocenters. The summed E-state index contributed by atoms with van der Waals surface area (Å²) in [6.45, 7) is 0. The van der Waals surface area contributed by atoms with Crippen molar-refractivity contribution in [2.24, 2.45) is 0 Å². The normalized spacial score (nSPS) is 10.2. The molecular weight excluding hydrogens is 253 g/mol. The molecule has 1 aromatic heterocycles. The van der Waals surface area contributed by atoms with Gasteiger partial charge >= 0.3 is 0 Å². The maximum atomic E-state index is 13.4. The van der Waals surface area contributed by atoms with Gasteiger partial charge in [0.2, 0.25) is 0 Å². The van der Waals surface area contributed by atoms with Crippen LogP contribution >= 0.6 is 0 Å². The smallest absolute Gasteiger partial charge is 0.126 e. The Morgan fingerprint density at radius 2 is 2.00 bits per heavy atom. The average Bonchev–Trinajstić information content (AvgIpc) is 2.47. The van der Waals surface area contributed by atoms with Crippen LogP contribution in [0.25, 0.3) is 10.9 Å². The molecule has 0 saturated heterocycles. The number of rotatable bonds is 2. The van der Waals surface area contributed by atoms with E-state index in [1.807, 2.05) is 36.4 Å². The average molecular weight is 263 g/mol. The molecule has 0 fully saturated rings. The van der Waals surface area contributed by atoms with Gasteiger partial charge in [0.25, 0.3) is 0 Å². The highest BCUT2D eigenvalue weighted by molar-refractivity contribution is 5.92. The second kappa shape index (κ2) is 4.98. The summed E-state index contributed by atoms with van der Waals surface area (Å²) >= 11 is 0. The summed E-state index contributed by atoms with van der Waals surface area (Å²) in [6, 6.07) is 15.6. The Balaban J connectivity index is 2.06. The second-order valence-electron chi connectivity index (χ2n) is 4.34. The Bertz CT molecular complexity index is 816. The molecule has 0 aliphatic heterocycles. The molecule has 4 heteroatoms. The lowest BCUT2D eigenvalue weighted by atomic mass is 10.1. The molecule has 0 amide bonds. The summed E-state index contributed by atoms with van der Waals surface area (Å²) in [6.07, 6.45) is 1.72. The topological polar surface area (TPSA) is 48.7 Å². The third kappa shape index (κ3) is 2.29. The minimum atomic E-state index is -0.440. The Kier molecular flexibility index (Phi) is 3.02. The van der Waals surface area contributed by atoms with Gasteiger partial charge in [0.15, 0.2) is 0 Å². The number of nitriles is 1. The van der Waals surface area contributed by atoms with Crippen LogP contribution in [0.15, 0.2) is 54.7 Å². The number of nitrogens with zero attached hydrogens (tertiary/aromatic N) is 2. The molecule has 0 aliphatic rings. The van der Waals surface area contributed by atoms with Gasteiger partial charge in [0, 0.05) is 23.0 Å². The highest BCUT2D eigenvalue weighted by atomic mass is 19.1. The molecule has 0 aliphatic carbocycles. The molecule has 20 heavy (non-hydrogen) atoms. The zero-order valence-electron chi connectivity index (χ0n) is 10.5. The molecule has 2 aromatic carbocycles. The quantitative estimate of drug-likeness (QED) is 0.760. The first-order valence-corrected chi connectivity index (χ1v) is 6.08. The molecule has 1 N–H and O–H groups in total. The maximum absolute atomic E-state index is 13.4. The van der Waals surface area contributed by atoms with Crippen LogP contribution in [0.5, 0.6) is 0 Å². The first kappa shape index (κ1) is 12.1. The van der Waals surface area contributed by atoms with Crippen LogP contribution in [-0.4, -0.2) is 4.98 Å². The summed E-state index contributed by atoms with van der Waals surface area (Å²) in [7, 11) is 0. The SMILES string of the molecule is N#Cc1cc(F)cc(Nc2cccc3ncccc23)c1. The van der Waals surface area contributed by atoms with E-state index in [9.17, 15) is 4.39 Å². The highest BCUT2D eigenvalue weighted by Crippen LogP contribution is 2.26. The molecule has 0 atom stereocenters. The van der Waals surface area contributed by atoms with Crippen LogP contribution in [0.3, 0.4) is 0 Å². The molecule has 0 radical (unpaired) electrons. The number of benzene rings is 2. The summed E-state index contributed by atoms with van der Waals surface area (Å²) in [5.74, 6) is -0.440. The van der Waals surface area contributed by atoms with Crippen molar-refractivity contribution in [3.8, 4) is 6.07 Å². The van der Waals surface area contributed by atoms with E-state index in [0.29, 0.717) is 5.69 Å². The molecule has 0 saturated carbocycles. The van der Waals surface area contributed by atoms with Crippen molar-refractivity contribution in [1.82, 2.24) is 4.98 Å². The molecule has 3 rings (SSSR count). The van der Waals surface area contributed by atoms with E-state index in [2.05, 4.69) is 10.3 Å². The number of fused-ring (bicyclic) bond motifs is 1. The number of aromatic nitrogens is 1. The van der Waals surface area contributed by atoms with E-state index in [1.165, 1.54) is 12.1 Å².